The second-order valence-electron chi connectivity index (χ2n) is 5.79. The predicted molar refractivity (Wildman–Crippen MR) is 97.7 cm³/mol. The molecule has 0 aliphatic rings. The van der Waals surface area contributed by atoms with Crippen molar-refractivity contribution in [3.05, 3.63) is 57.6 Å². The number of hydrogen-bond acceptors (Lipinski definition) is 6. The first kappa shape index (κ1) is 20.2. The molecule has 144 valence electrons. The van der Waals surface area contributed by atoms with E-state index in [0.717, 1.165) is 6.07 Å². The molecule has 2 aromatic rings. The molecule has 0 saturated carbocycles. The zero-order valence-corrected chi connectivity index (χ0v) is 15.7. The lowest BCUT2D eigenvalue weighted by atomic mass is 10.2. The summed E-state index contributed by atoms with van der Waals surface area (Å²) in [5, 5.41) is 20.3. The van der Waals surface area contributed by atoms with Crippen molar-refractivity contribution in [2.24, 2.45) is 0 Å². The van der Waals surface area contributed by atoms with Crippen LogP contribution >= 0.6 is 0 Å². The van der Waals surface area contributed by atoms with E-state index in [-0.39, 0.29) is 21.9 Å². The minimum Gasteiger partial charge on any atom is -0.495 e. The maximum atomic E-state index is 13.2. The number of rotatable bonds is 7. The van der Waals surface area contributed by atoms with Crippen molar-refractivity contribution in [3.8, 4) is 5.75 Å². The number of aliphatic carboxylic acids is 1. The van der Waals surface area contributed by atoms with Gasteiger partial charge in [-0.2, -0.15) is 0 Å². The number of ether oxygens (including phenoxy) is 1. The lowest BCUT2D eigenvalue weighted by Crippen LogP contribution is -2.36. The molecule has 0 unspecified atom stereocenters. The Morgan fingerprint density at radius 1 is 1.22 bits per heavy atom. The zero-order valence-electron chi connectivity index (χ0n) is 14.9. The van der Waals surface area contributed by atoms with Crippen molar-refractivity contribution < 1.29 is 28.0 Å². The molecule has 2 aromatic carbocycles. The monoisotopic (exact) mass is 394 g/mol. The second kappa shape index (κ2) is 7.62. The number of methoxy groups -OCH3 is 1. The average molecular weight is 394 g/mol. The first-order chi connectivity index (χ1) is 12.6. The topological polar surface area (TPSA) is 127 Å². The first-order valence-corrected chi connectivity index (χ1v) is 9.16. The van der Waals surface area contributed by atoms with Gasteiger partial charge in [-0.3, -0.25) is 19.2 Å². The molecule has 9 nitrogen and oxygen atoms in total. The zero-order chi connectivity index (χ0) is 20.4. The predicted octanol–water partition coefficient (Wildman–Crippen LogP) is 2.50. The number of nitrogens with zero attached hydrogens (tertiary/aromatic N) is 2. The molecule has 0 aliphatic heterocycles. The fourth-order valence-electron chi connectivity index (χ4n) is 2.52. The van der Waals surface area contributed by atoms with E-state index in [9.17, 15) is 28.4 Å². The Hall–Kier alpha value is -3.14. The van der Waals surface area contributed by atoms with Gasteiger partial charge >= 0.3 is 5.97 Å². The van der Waals surface area contributed by atoms with E-state index in [2.05, 4.69) is 0 Å². The highest BCUT2D eigenvalue weighted by molar-refractivity contribution is 7.93. The van der Waals surface area contributed by atoms with Gasteiger partial charge in [0.15, 0.2) is 0 Å². The Bertz CT molecular complexity index is 1000. The molecule has 0 fully saturated rings. The Kier molecular flexibility index (Phi) is 5.69. The summed E-state index contributed by atoms with van der Waals surface area (Å²) in [7, 11) is -3.09. The third-order valence-electron chi connectivity index (χ3n) is 3.83. The highest BCUT2D eigenvalue weighted by Crippen LogP contribution is 2.34. The lowest BCUT2D eigenvalue weighted by molar-refractivity contribution is -0.385. The molecular formula is C17H18N2O7S. The van der Waals surface area contributed by atoms with E-state index in [4.69, 9.17) is 4.74 Å². The summed E-state index contributed by atoms with van der Waals surface area (Å²) in [6.07, 6.45) is 0. The van der Waals surface area contributed by atoms with Crippen LogP contribution in [0, 0.1) is 24.0 Å². The summed E-state index contributed by atoms with van der Waals surface area (Å²) in [5.41, 5.74) is 0.561. The molecule has 0 amide bonds. The molecule has 10 heteroatoms. The Labute approximate surface area is 156 Å². The first-order valence-electron chi connectivity index (χ1n) is 7.72. The molecule has 27 heavy (non-hydrogen) atoms. The van der Waals surface area contributed by atoms with Crippen LogP contribution < -0.4 is 9.04 Å². The second-order valence-corrected chi connectivity index (χ2v) is 7.62. The van der Waals surface area contributed by atoms with Gasteiger partial charge in [-0.15, -0.1) is 0 Å². The number of anilines is 1. The van der Waals surface area contributed by atoms with Crippen molar-refractivity contribution in [1.82, 2.24) is 0 Å². The van der Waals surface area contributed by atoms with Gasteiger partial charge in [-0.05, 0) is 37.1 Å². The maximum absolute atomic E-state index is 13.2. The number of nitro groups is 1. The fraction of sp³-hybridized carbons (Fsp3) is 0.235. The standard InChI is InChI=1S/C17H18N2O7S/c1-11-4-7-15(26-3)14(8-11)18(10-17(20)21)27(24,25)16-9-13(19(22)23)6-5-12(16)2/h4-9H,10H2,1-3H3,(H,20,21). The van der Waals surface area contributed by atoms with Crippen molar-refractivity contribution >= 4 is 27.4 Å². The number of nitro benzene ring substituents is 1. The Morgan fingerprint density at radius 3 is 2.44 bits per heavy atom. The van der Waals surface area contributed by atoms with Crippen LogP contribution in [0.5, 0.6) is 5.75 Å². The highest BCUT2D eigenvalue weighted by Gasteiger charge is 2.32. The largest absolute Gasteiger partial charge is 0.495 e. The van der Waals surface area contributed by atoms with Crippen LogP contribution in [0.1, 0.15) is 11.1 Å². The summed E-state index contributed by atoms with van der Waals surface area (Å²) in [5.74, 6) is -1.22. The minimum atomic E-state index is -4.42. The van der Waals surface area contributed by atoms with Crippen molar-refractivity contribution in [2.45, 2.75) is 18.7 Å². The van der Waals surface area contributed by atoms with Crippen LogP contribution in [0.2, 0.25) is 0 Å². The molecule has 0 aromatic heterocycles. The van der Waals surface area contributed by atoms with Crippen LogP contribution in [0.4, 0.5) is 11.4 Å². The quantitative estimate of drug-likeness (QED) is 0.564. The van der Waals surface area contributed by atoms with Crippen LogP contribution in [0.15, 0.2) is 41.3 Å². The number of carboxylic acid groups (broad SMARTS) is 1. The number of non-ortho nitro benzene ring substituents is 1. The number of carbonyl (C=O) groups is 1. The van der Waals surface area contributed by atoms with Gasteiger partial charge in [0.05, 0.1) is 22.6 Å². The summed E-state index contributed by atoms with van der Waals surface area (Å²) >= 11 is 0. The smallest absolute Gasteiger partial charge is 0.324 e. The van der Waals surface area contributed by atoms with Crippen LogP contribution in [0.3, 0.4) is 0 Å². The van der Waals surface area contributed by atoms with E-state index >= 15 is 0 Å². The lowest BCUT2D eigenvalue weighted by Gasteiger charge is -2.25. The molecule has 0 heterocycles. The Balaban J connectivity index is 2.74. The van der Waals surface area contributed by atoms with E-state index in [1.54, 1.807) is 13.0 Å². The third-order valence-corrected chi connectivity index (χ3v) is 5.73. The summed E-state index contributed by atoms with van der Waals surface area (Å²) < 4.78 is 32.3. The SMILES string of the molecule is COc1ccc(C)cc1N(CC(=O)O)S(=O)(=O)c1cc([N+](=O)[O-])ccc1C. The van der Waals surface area contributed by atoms with Crippen molar-refractivity contribution in [3.63, 3.8) is 0 Å². The van der Waals surface area contributed by atoms with Gasteiger partial charge in [0, 0.05) is 12.1 Å². The van der Waals surface area contributed by atoms with Gasteiger partial charge in [0.25, 0.3) is 15.7 Å². The van der Waals surface area contributed by atoms with Crippen LogP contribution in [0.25, 0.3) is 0 Å². The minimum absolute atomic E-state index is 0.0332. The van der Waals surface area contributed by atoms with Crippen molar-refractivity contribution in [2.75, 3.05) is 18.0 Å². The van der Waals surface area contributed by atoms with Gasteiger partial charge < -0.3 is 9.84 Å². The van der Waals surface area contributed by atoms with Crippen LogP contribution in [-0.2, 0) is 14.8 Å². The van der Waals surface area contributed by atoms with E-state index in [0.29, 0.717) is 9.87 Å². The molecule has 0 aliphatic carbocycles. The summed E-state index contributed by atoms with van der Waals surface area (Å²) in [4.78, 5) is 21.3. The third kappa shape index (κ3) is 4.17. The number of carboxylic acids is 1. The summed E-state index contributed by atoms with van der Waals surface area (Å²) in [6.45, 7) is 2.32. The fourth-order valence-corrected chi connectivity index (χ4v) is 4.18. The molecule has 2 rings (SSSR count). The molecule has 0 atom stereocenters. The van der Waals surface area contributed by atoms with E-state index in [1.807, 2.05) is 0 Å². The number of aryl methyl sites for hydroxylation is 2. The van der Waals surface area contributed by atoms with E-state index in [1.165, 1.54) is 38.3 Å². The van der Waals surface area contributed by atoms with Gasteiger partial charge in [-0.25, -0.2) is 8.42 Å². The molecule has 1 N–H and O–H groups in total. The Morgan fingerprint density at radius 2 is 1.89 bits per heavy atom. The van der Waals surface area contributed by atoms with Crippen LogP contribution in [-0.4, -0.2) is 38.1 Å². The maximum Gasteiger partial charge on any atom is 0.324 e. The molecule has 0 saturated heterocycles. The molecule has 0 bridgehead atoms. The molecule has 0 spiro atoms. The highest BCUT2D eigenvalue weighted by atomic mass is 32.2. The molecular weight excluding hydrogens is 376 g/mol. The van der Waals surface area contributed by atoms with Gasteiger partial charge in [0.1, 0.15) is 12.3 Å². The average Bonchev–Trinajstić information content (AvgIpc) is 2.59. The van der Waals surface area contributed by atoms with Gasteiger partial charge in [-0.1, -0.05) is 12.1 Å². The number of hydrogen-bond donors (Lipinski definition) is 1. The summed E-state index contributed by atoms with van der Waals surface area (Å²) in [6, 6.07) is 8.09. The van der Waals surface area contributed by atoms with E-state index < -0.39 is 33.1 Å². The normalized spacial score (nSPS) is 11.1. The van der Waals surface area contributed by atoms with Crippen molar-refractivity contribution in [1.29, 1.82) is 0 Å². The van der Waals surface area contributed by atoms with Gasteiger partial charge in [0.2, 0.25) is 0 Å². The number of sulfonamides is 1. The molecule has 0 radical (unpaired) electrons. The number of benzene rings is 2.